The predicted octanol–water partition coefficient (Wildman–Crippen LogP) is 3.89. The molecule has 0 unspecified atom stereocenters. The number of likely N-dealkylation sites (tertiary alicyclic amines) is 1. The molecule has 1 aliphatic heterocycles. The van der Waals surface area contributed by atoms with Gasteiger partial charge in [0.25, 0.3) is 5.91 Å². The zero-order chi connectivity index (χ0) is 25.0. The Kier molecular flexibility index (Phi) is 7.51. The van der Waals surface area contributed by atoms with Crippen LogP contribution in [0.4, 0.5) is 0 Å². The van der Waals surface area contributed by atoms with E-state index in [2.05, 4.69) is 10.1 Å². The number of ether oxygens (including phenoxy) is 1. The van der Waals surface area contributed by atoms with E-state index >= 15 is 0 Å². The standard InChI is InChI=1S/C25H30N4O5S/c1-18-10-6-7-11-20(18)24-26-23(34-27-24)17-28(2)35(31,32)19-12-13-22(33-3)21(16-19)25(30)29-14-8-4-5-9-15-29/h6-7,10-13,16H,4-5,8-9,14-15,17H2,1-3H3. The van der Waals surface area contributed by atoms with Crippen LogP contribution in [0.15, 0.2) is 51.9 Å². The fraction of sp³-hybridized carbons (Fsp3) is 0.400. The summed E-state index contributed by atoms with van der Waals surface area (Å²) in [5, 5.41) is 4.00. The monoisotopic (exact) mass is 498 g/mol. The van der Waals surface area contributed by atoms with Gasteiger partial charge in [-0.2, -0.15) is 9.29 Å². The van der Waals surface area contributed by atoms with Crippen LogP contribution in [-0.4, -0.2) is 60.9 Å². The first kappa shape index (κ1) is 24.9. The van der Waals surface area contributed by atoms with Crippen LogP contribution in [0.25, 0.3) is 11.4 Å². The van der Waals surface area contributed by atoms with E-state index in [4.69, 9.17) is 9.26 Å². The molecule has 0 N–H and O–H groups in total. The van der Waals surface area contributed by atoms with Crippen molar-refractivity contribution in [3.63, 3.8) is 0 Å². The number of rotatable bonds is 7. The van der Waals surface area contributed by atoms with Gasteiger partial charge in [-0.15, -0.1) is 0 Å². The molecule has 10 heteroatoms. The average molecular weight is 499 g/mol. The van der Waals surface area contributed by atoms with E-state index in [1.54, 1.807) is 4.90 Å². The van der Waals surface area contributed by atoms with Crippen LogP contribution in [0, 0.1) is 6.92 Å². The fourth-order valence-electron chi connectivity index (χ4n) is 4.17. The van der Waals surface area contributed by atoms with Gasteiger partial charge in [-0.1, -0.05) is 42.3 Å². The summed E-state index contributed by atoms with van der Waals surface area (Å²) < 4.78 is 38.5. The number of benzene rings is 2. The summed E-state index contributed by atoms with van der Waals surface area (Å²) in [6.45, 7) is 3.14. The molecule has 1 fully saturated rings. The Morgan fingerprint density at radius 1 is 1.11 bits per heavy atom. The normalized spacial score (nSPS) is 14.7. The lowest BCUT2D eigenvalue weighted by Gasteiger charge is -2.22. The Hall–Kier alpha value is -3.24. The number of nitrogens with zero attached hydrogens (tertiary/aromatic N) is 4. The Balaban J connectivity index is 1.56. The van der Waals surface area contributed by atoms with Crippen LogP contribution >= 0.6 is 0 Å². The molecule has 0 bridgehead atoms. The molecular formula is C25H30N4O5S. The quantitative estimate of drug-likeness (QED) is 0.486. The Morgan fingerprint density at radius 3 is 2.51 bits per heavy atom. The largest absolute Gasteiger partial charge is 0.496 e. The van der Waals surface area contributed by atoms with E-state index in [1.165, 1.54) is 32.4 Å². The predicted molar refractivity (Wildman–Crippen MR) is 130 cm³/mol. The maximum absolute atomic E-state index is 13.3. The molecule has 1 aromatic heterocycles. The molecule has 1 saturated heterocycles. The summed E-state index contributed by atoms with van der Waals surface area (Å²) in [7, 11) is -1.03. The number of aryl methyl sites for hydroxylation is 1. The lowest BCUT2D eigenvalue weighted by molar-refractivity contribution is 0.0758. The molecular weight excluding hydrogens is 468 g/mol. The van der Waals surface area contributed by atoms with Gasteiger partial charge in [0, 0.05) is 25.7 Å². The second kappa shape index (κ2) is 10.6. The van der Waals surface area contributed by atoms with Gasteiger partial charge in [-0.05, 0) is 43.5 Å². The molecule has 35 heavy (non-hydrogen) atoms. The van der Waals surface area contributed by atoms with Gasteiger partial charge in [-0.25, -0.2) is 8.42 Å². The summed E-state index contributed by atoms with van der Waals surface area (Å²) in [5.41, 5.74) is 2.05. The van der Waals surface area contributed by atoms with Crippen molar-refractivity contribution >= 4 is 15.9 Å². The van der Waals surface area contributed by atoms with Gasteiger partial charge < -0.3 is 14.2 Å². The molecule has 0 aliphatic carbocycles. The van der Waals surface area contributed by atoms with Crippen molar-refractivity contribution in [2.75, 3.05) is 27.2 Å². The first-order chi connectivity index (χ1) is 16.8. The number of carbonyl (C=O) groups is 1. The Morgan fingerprint density at radius 2 is 1.83 bits per heavy atom. The molecule has 3 aromatic rings. The van der Waals surface area contributed by atoms with Crippen molar-refractivity contribution in [1.82, 2.24) is 19.3 Å². The van der Waals surface area contributed by atoms with Gasteiger partial charge in [0.15, 0.2) is 0 Å². The third-order valence-corrected chi connectivity index (χ3v) is 8.01. The highest BCUT2D eigenvalue weighted by molar-refractivity contribution is 7.89. The smallest absolute Gasteiger partial charge is 0.257 e. The Labute approximate surface area is 205 Å². The molecule has 1 aliphatic rings. The van der Waals surface area contributed by atoms with Crippen LogP contribution < -0.4 is 4.74 Å². The SMILES string of the molecule is COc1ccc(S(=O)(=O)N(C)Cc2nc(-c3ccccc3C)no2)cc1C(=O)N1CCCCCC1. The highest BCUT2D eigenvalue weighted by Crippen LogP contribution is 2.27. The van der Waals surface area contributed by atoms with Gasteiger partial charge >= 0.3 is 0 Å². The summed E-state index contributed by atoms with van der Waals surface area (Å²) in [6, 6.07) is 12.0. The van der Waals surface area contributed by atoms with Gasteiger partial charge in [0.1, 0.15) is 5.75 Å². The number of amides is 1. The fourth-order valence-corrected chi connectivity index (χ4v) is 5.31. The summed E-state index contributed by atoms with van der Waals surface area (Å²) in [5.74, 6) is 0.700. The number of sulfonamides is 1. The first-order valence-electron chi connectivity index (χ1n) is 11.6. The number of carbonyl (C=O) groups excluding carboxylic acids is 1. The molecule has 0 atom stereocenters. The lowest BCUT2D eigenvalue weighted by Crippen LogP contribution is -2.32. The number of hydrogen-bond donors (Lipinski definition) is 0. The van der Waals surface area contributed by atoms with Gasteiger partial charge in [0.2, 0.25) is 21.7 Å². The van der Waals surface area contributed by atoms with Crippen molar-refractivity contribution in [2.24, 2.45) is 0 Å². The van der Waals surface area contributed by atoms with Gasteiger partial charge in [-0.3, -0.25) is 4.79 Å². The van der Waals surface area contributed by atoms with Crippen LogP contribution in [0.2, 0.25) is 0 Å². The number of methoxy groups -OCH3 is 1. The highest BCUT2D eigenvalue weighted by atomic mass is 32.2. The van der Waals surface area contributed by atoms with Crippen LogP contribution in [0.3, 0.4) is 0 Å². The van der Waals surface area contributed by atoms with E-state index < -0.39 is 10.0 Å². The minimum atomic E-state index is -3.94. The van der Waals surface area contributed by atoms with Crippen LogP contribution in [0.1, 0.15) is 47.5 Å². The molecule has 186 valence electrons. The molecule has 9 nitrogen and oxygen atoms in total. The summed E-state index contributed by atoms with van der Waals surface area (Å²) in [4.78, 5) is 19.4. The second-order valence-corrected chi connectivity index (χ2v) is 10.7. The Bertz CT molecular complexity index is 1300. The maximum Gasteiger partial charge on any atom is 0.257 e. The lowest BCUT2D eigenvalue weighted by atomic mass is 10.1. The summed E-state index contributed by atoms with van der Waals surface area (Å²) in [6.07, 6.45) is 4.04. The van der Waals surface area contributed by atoms with Crippen LogP contribution in [0.5, 0.6) is 5.75 Å². The third-order valence-electron chi connectivity index (χ3n) is 6.21. The second-order valence-electron chi connectivity index (χ2n) is 8.66. The van der Waals surface area contributed by atoms with Gasteiger partial charge in [0.05, 0.1) is 24.1 Å². The van der Waals surface area contributed by atoms with E-state index in [9.17, 15) is 13.2 Å². The van der Waals surface area contributed by atoms with Crippen molar-refractivity contribution in [2.45, 2.75) is 44.0 Å². The molecule has 2 heterocycles. The van der Waals surface area contributed by atoms with E-state index in [0.717, 1.165) is 41.1 Å². The zero-order valence-electron chi connectivity index (χ0n) is 20.2. The maximum atomic E-state index is 13.3. The van der Waals surface area contributed by atoms with Crippen LogP contribution in [-0.2, 0) is 16.6 Å². The molecule has 0 saturated carbocycles. The van der Waals surface area contributed by atoms with Crippen molar-refractivity contribution in [3.8, 4) is 17.1 Å². The minimum absolute atomic E-state index is 0.00221. The topological polar surface area (TPSA) is 106 Å². The highest BCUT2D eigenvalue weighted by Gasteiger charge is 2.27. The van der Waals surface area contributed by atoms with E-state index in [-0.39, 0.29) is 28.8 Å². The van der Waals surface area contributed by atoms with Crippen molar-refractivity contribution < 1.29 is 22.5 Å². The molecule has 1 amide bonds. The molecule has 0 spiro atoms. The van der Waals surface area contributed by atoms with E-state index in [1.807, 2.05) is 31.2 Å². The van der Waals surface area contributed by atoms with E-state index in [0.29, 0.717) is 24.7 Å². The third kappa shape index (κ3) is 5.38. The number of aromatic nitrogens is 2. The first-order valence-corrected chi connectivity index (χ1v) is 13.1. The van der Waals surface area contributed by atoms with Crippen molar-refractivity contribution in [1.29, 1.82) is 0 Å². The average Bonchev–Trinajstić information content (AvgIpc) is 3.14. The number of hydrogen-bond acceptors (Lipinski definition) is 7. The molecule has 4 rings (SSSR count). The zero-order valence-corrected chi connectivity index (χ0v) is 21.0. The van der Waals surface area contributed by atoms with Crippen molar-refractivity contribution in [3.05, 3.63) is 59.5 Å². The molecule has 0 radical (unpaired) electrons. The molecule has 2 aromatic carbocycles. The summed E-state index contributed by atoms with van der Waals surface area (Å²) >= 11 is 0. The minimum Gasteiger partial charge on any atom is -0.496 e.